The highest BCUT2D eigenvalue weighted by Gasteiger charge is 2.19. The molecular formula is C55H40N2O2S. The van der Waals surface area contributed by atoms with Crippen molar-refractivity contribution in [1.29, 1.82) is 0 Å². The molecule has 0 unspecified atom stereocenters. The molecule has 11 rings (SSSR count). The van der Waals surface area contributed by atoms with Gasteiger partial charge in [-0.15, -0.1) is 11.3 Å². The molecule has 2 aromatic heterocycles. The third-order valence-electron chi connectivity index (χ3n) is 11.9. The number of aryl methyl sites for hydroxylation is 2. The van der Waals surface area contributed by atoms with E-state index in [1.807, 2.05) is 35.6 Å². The van der Waals surface area contributed by atoms with Crippen LogP contribution in [0.3, 0.4) is 0 Å². The van der Waals surface area contributed by atoms with Crippen LogP contribution < -0.4 is 4.90 Å². The molecule has 0 atom stereocenters. The molecular weight excluding hydrogens is 753 g/mol. The Morgan fingerprint density at radius 1 is 0.667 bits per heavy atom. The Bertz CT molecular complexity index is 3300. The van der Waals surface area contributed by atoms with Crippen LogP contribution in [0.25, 0.3) is 77.0 Å². The molecule has 0 fully saturated rings. The summed E-state index contributed by atoms with van der Waals surface area (Å²) in [4.78, 5) is 7.25. The molecule has 0 bridgehead atoms. The summed E-state index contributed by atoms with van der Waals surface area (Å²) in [6.45, 7) is 8.50. The zero-order chi connectivity index (χ0) is 40.2. The van der Waals surface area contributed by atoms with E-state index in [0.29, 0.717) is 11.6 Å². The lowest BCUT2D eigenvalue weighted by atomic mass is 9.90. The Hall–Kier alpha value is -7.21. The smallest absolute Gasteiger partial charge is 0.226 e. The second-order valence-electron chi connectivity index (χ2n) is 15.5. The Morgan fingerprint density at radius 2 is 1.45 bits per heavy atom. The van der Waals surface area contributed by atoms with Crippen molar-refractivity contribution in [3.8, 4) is 11.1 Å². The van der Waals surface area contributed by atoms with Crippen molar-refractivity contribution in [2.24, 2.45) is 4.99 Å². The largest absolute Gasteiger partial charge is 0.456 e. The minimum absolute atomic E-state index is 0.573. The number of thiophene rings is 1. The van der Waals surface area contributed by atoms with Crippen molar-refractivity contribution >= 4 is 94.4 Å². The number of rotatable bonds is 7. The molecule has 7 aromatic carbocycles. The quantitative estimate of drug-likeness (QED) is 0.161. The molecule has 9 aromatic rings. The van der Waals surface area contributed by atoms with Gasteiger partial charge in [-0.3, -0.25) is 0 Å². The van der Waals surface area contributed by atoms with E-state index in [2.05, 4.69) is 152 Å². The number of fused-ring (bicyclic) bond motifs is 7. The van der Waals surface area contributed by atoms with Crippen molar-refractivity contribution in [3.05, 3.63) is 204 Å². The predicted octanol–water partition coefficient (Wildman–Crippen LogP) is 15.4. The van der Waals surface area contributed by atoms with Crippen LogP contribution in [0.1, 0.15) is 52.0 Å². The van der Waals surface area contributed by atoms with Crippen LogP contribution in [0.4, 0.5) is 11.4 Å². The monoisotopic (exact) mass is 792 g/mol. The van der Waals surface area contributed by atoms with Gasteiger partial charge < -0.3 is 14.1 Å². The minimum atomic E-state index is 0.573. The van der Waals surface area contributed by atoms with Gasteiger partial charge in [0, 0.05) is 59.5 Å². The Morgan fingerprint density at radius 3 is 2.35 bits per heavy atom. The number of anilines is 2. The first-order valence-electron chi connectivity index (χ1n) is 20.5. The van der Waals surface area contributed by atoms with E-state index >= 15 is 0 Å². The highest BCUT2D eigenvalue weighted by Crippen LogP contribution is 2.42. The molecule has 0 saturated carbocycles. The zero-order valence-corrected chi connectivity index (χ0v) is 33.8. The number of aliphatic imine (C=N–C) groups is 1. The minimum Gasteiger partial charge on any atom is -0.456 e. The maximum Gasteiger partial charge on any atom is 0.226 e. The van der Waals surface area contributed by atoms with Gasteiger partial charge in [0.15, 0.2) is 0 Å². The van der Waals surface area contributed by atoms with Crippen LogP contribution in [-0.4, -0.2) is 5.90 Å². The highest BCUT2D eigenvalue weighted by molar-refractivity contribution is 7.25. The first-order valence-corrected chi connectivity index (χ1v) is 21.3. The molecule has 1 aliphatic heterocycles. The van der Waals surface area contributed by atoms with E-state index in [9.17, 15) is 0 Å². The number of para-hydroxylation sites is 1. The predicted molar refractivity (Wildman–Crippen MR) is 255 cm³/mol. The van der Waals surface area contributed by atoms with Crippen LogP contribution in [0.2, 0.25) is 0 Å². The van der Waals surface area contributed by atoms with E-state index in [0.717, 1.165) is 85.1 Å². The first kappa shape index (κ1) is 35.9. The Kier molecular flexibility index (Phi) is 8.90. The third-order valence-corrected chi connectivity index (χ3v) is 13.1. The summed E-state index contributed by atoms with van der Waals surface area (Å²) in [5, 5.41) is 5.82. The third kappa shape index (κ3) is 6.35. The lowest BCUT2D eigenvalue weighted by Gasteiger charge is -2.24. The topological polar surface area (TPSA) is 38.0 Å². The van der Waals surface area contributed by atoms with Crippen LogP contribution in [0, 0.1) is 0 Å². The first-order chi connectivity index (χ1) is 29.6. The van der Waals surface area contributed by atoms with Crippen LogP contribution >= 0.6 is 11.3 Å². The van der Waals surface area contributed by atoms with E-state index in [1.165, 1.54) is 44.1 Å². The average Bonchev–Trinajstić information content (AvgIpc) is 3.85. The molecule has 288 valence electrons. The van der Waals surface area contributed by atoms with Crippen molar-refractivity contribution in [2.75, 3.05) is 4.90 Å². The number of furan rings is 1. The normalized spacial score (nSPS) is 14.5. The van der Waals surface area contributed by atoms with Gasteiger partial charge in [-0.05, 0) is 138 Å². The molecule has 60 heavy (non-hydrogen) atoms. The fraction of sp³-hybridized carbons (Fsp3) is 0.0727. The lowest BCUT2D eigenvalue weighted by molar-refractivity contribution is 0.477. The number of nitrogens with zero attached hydrogens (tertiary/aromatic N) is 2. The average molecular weight is 793 g/mol. The highest BCUT2D eigenvalue weighted by atomic mass is 32.1. The van der Waals surface area contributed by atoms with Gasteiger partial charge in [-0.2, -0.15) is 0 Å². The van der Waals surface area contributed by atoms with Gasteiger partial charge in [-0.1, -0.05) is 92.0 Å². The summed E-state index contributed by atoms with van der Waals surface area (Å²) < 4.78 is 15.0. The van der Waals surface area contributed by atoms with Gasteiger partial charge in [0.05, 0.1) is 17.6 Å². The van der Waals surface area contributed by atoms with E-state index in [4.69, 9.17) is 14.1 Å². The molecule has 0 radical (unpaired) electrons. The molecule has 0 saturated heterocycles. The van der Waals surface area contributed by atoms with E-state index < -0.39 is 0 Å². The molecule has 0 N–H and O–H groups in total. The molecule has 5 heteroatoms. The van der Waals surface area contributed by atoms with Crippen molar-refractivity contribution in [1.82, 2.24) is 0 Å². The number of hydrogen-bond acceptors (Lipinski definition) is 5. The lowest BCUT2D eigenvalue weighted by Crippen LogP contribution is -2.09. The second kappa shape index (κ2) is 14.9. The second-order valence-corrected chi connectivity index (χ2v) is 16.6. The summed E-state index contributed by atoms with van der Waals surface area (Å²) in [5.41, 5.74) is 12.6. The fourth-order valence-corrected chi connectivity index (χ4v) is 9.99. The van der Waals surface area contributed by atoms with Crippen molar-refractivity contribution in [2.45, 2.75) is 25.7 Å². The maximum atomic E-state index is 6.24. The molecule has 2 aliphatic rings. The summed E-state index contributed by atoms with van der Waals surface area (Å²) >= 11 is 1.83. The van der Waals surface area contributed by atoms with Gasteiger partial charge in [0.1, 0.15) is 11.3 Å². The summed E-state index contributed by atoms with van der Waals surface area (Å²) in [5.74, 6) is 1.31. The van der Waals surface area contributed by atoms with Crippen LogP contribution in [0.5, 0.6) is 0 Å². The van der Waals surface area contributed by atoms with Crippen LogP contribution in [0.15, 0.2) is 175 Å². The number of benzene rings is 7. The van der Waals surface area contributed by atoms with Gasteiger partial charge in [0.25, 0.3) is 0 Å². The van der Waals surface area contributed by atoms with Crippen molar-refractivity contribution < 1.29 is 9.15 Å². The van der Waals surface area contributed by atoms with Gasteiger partial charge >= 0.3 is 0 Å². The fourth-order valence-electron chi connectivity index (χ4n) is 8.91. The van der Waals surface area contributed by atoms with Crippen LogP contribution in [-0.2, 0) is 17.6 Å². The van der Waals surface area contributed by atoms with E-state index in [-0.39, 0.29) is 0 Å². The summed E-state index contributed by atoms with van der Waals surface area (Å²) in [6, 6.07) is 49.9. The number of hydrogen-bond donors (Lipinski definition) is 0. The summed E-state index contributed by atoms with van der Waals surface area (Å²) in [7, 11) is 0. The zero-order valence-electron chi connectivity index (χ0n) is 33.0. The Labute approximate surface area is 353 Å². The van der Waals surface area contributed by atoms with Gasteiger partial charge in [0.2, 0.25) is 5.90 Å². The summed E-state index contributed by atoms with van der Waals surface area (Å²) in [6.07, 6.45) is 14.6. The molecule has 3 heterocycles. The van der Waals surface area contributed by atoms with Crippen molar-refractivity contribution in [3.63, 3.8) is 0 Å². The standard InChI is InChI=1S/C55H40N2O2S/c1-3-51-47(46-16-8-10-18-52(46)59-51)26-28-57(43-23-25-54-49(34-43)48-17-9-11-19-53(48)60-54)50-33-42(32-39-14-6-7-15-45(39)50)38-22-24-44-35(2)56-55(58-29-27-40(44)30-38)41-21-20-36-12-4-5-13-37(36)31-41/h3,6-11,14-34H,1-2,4-5,12-13H2/b28-26-,29-27-,56-55?. The van der Waals surface area contributed by atoms with E-state index in [1.54, 1.807) is 12.3 Å². The van der Waals surface area contributed by atoms with Gasteiger partial charge in [-0.25, -0.2) is 4.99 Å². The Balaban J connectivity index is 1.04. The molecule has 1 aliphatic carbocycles. The molecule has 4 nitrogen and oxygen atoms in total. The molecule has 0 amide bonds. The molecule has 0 spiro atoms. The SMILES string of the molecule is C=Cc1oc2ccccc2c1/C=C\N(c1ccc2sc3ccccc3c2c1)c1cc(-c2ccc3c(c2)/C=C\OC(c2ccc4c(c2)CCCC4)=NC3=C)cc2ccccc12. The number of ether oxygens (including phenoxy) is 1. The maximum absolute atomic E-state index is 6.24.